The number of nitrogens with zero attached hydrogens (tertiary/aromatic N) is 3. The lowest BCUT2D eigenvalue weighted by Crippen LogP contribution is -2.62. The van der Waals surface area contributed by atoms with Gasteiger partial charge in [-0.2, -0.15) is 0 Å². The Morgan fingerprint density at radius 2 is 1.48 bits per heavy atom. The number of nitrogens with one attached hydrogen (secondary N) is 2. The van der Waals surface area contributed by atoms with Crippen LogP contribution in [0.5, 0.6) is 0 Å². The summed E-state index contributed by atoms with van der Waals surface area (Å²) in [5.74, 6) is -0.620. The number of benzene rings is 1. The van der Waals surface area contributed by atoms with Gasteiger partial charge in [0.25, 0.3) is 0 Å². The van der Waals surface area contributed by atoms with Crippen molar-refractivity contribution in [1.82, 2.24) is 20.4 Å². The second kappa shape index (κ2) is 11.7. The fourth-order valence-corrected chi connectivity index (χ4v) is 6.88. The van der Waals surface area contributed by atoms with Crippen molar-refractivity contribution >= 4 is 29.7 Å². The SMILES string of the molecule is CC(C)(C)OC(=O)N1CC2(CCN(c3ccc(C4CCC(=O)NC4=O)cc3)CC2)C1.O=C(O)N1CC2(CCNCC2)C1. The van der Waals surface area contributed by atoms with E-state index in [2.05, 4.69) is 27.7 Å². The molecule has 2 spiro atoms. The van der Waals surface area contributed by atoms with Gasteiger partial charge in [-0.3, -0.25) is 14.9 Å². The third kappa shape index (κ3) is 6.82. The summed E-state index contributed by atoms with van der Waals surface area (Å²) in [5, 5.41) is 14.4. The first kappa shape index (κ1) is 30.1. The second-order valence-corrected chi connectivity index (χ2v) is 13.8. The van der Waals surface area contributed by atoms with Gasteiger partial charge in [-0.05, 0) is 83.7 Å². The van der Waals surface area contributed by atoms with Crippen molar-refractivity contribution in [3.63, 3.8) is 0 Å². The first-order valence-electron chi connectivity index (χ1n) is 15.2. The molecule has 6 rings (SSSR count). The summed E-state index contributed by atoms with van der Waals surface area (Å²) in [7, 11) is 0. The maximum Gasteiger partial charge on any atom is 0.410 e. The van der Waals surface area contributed by atoms with Gasteiger partial charge in [0.15, 0.2) is 0 Å². The number of carbonyl (C=O) groups excluding carboxylic acids is 3. The first-order chi connectivity index (χ1) is 19.9. The number of carbonyl (C=O) groups is 4. The lowest BCUT2D eigenvalue weighted by molar-refractivity contribution is -0.134. The third-order valence-electron chi connectivity index (χ3n) is 9.42. The molecule has 4 amide bonds. The molecule has 1 atom stereocenters. The first-order valence-corrected chi connectivity index (χ1v) is 15.2. The van der Waals surface area contributed by atoms with Crippen molar-refractivity contribution in [3.05, 3.63) is 29.8 Å². The van der Waals surface area contributed by atoms with Crippen molar-refractivity contribution in [2.45, 2.75) is 70.8 Å². The molecule has 3 N–H and O–H groups in total. The van der Waals surface area contributed by atoms with Gasteiger partial charge in [-0.1, -0.05) is 12.1 Å². The number of carboxylic acid groups (broad SMARTS) is 1. The van der Waals surface area contributed by atoms with E-state index in [1.165, 1.54) is 4.90 Å². The van der Waals surface area contributed by atoms with E-state index in [1.807, 2.05) is 37.8 Å². The fraction of sp³-hybridized carbons (Fsp3) is 0.677. The van der Waals surface area contributed by atoms with E-state index in [0.29, 0.717) is 18.3 Å². The molecule has 1 unspecified atom stereocenters. The van der Waals surface area contributed by atoms with Crippen LogP contribution in [-0.4, -0.2) is 96.9 Å². The molecule has 1 aromatic rings. The minimum Gasteiger partial charge on any atom is -0.465 e. The molecule has 0 aromatic heterocycles. The molecule has 5 saturated heterocycles. The Morgan fingerprint density at radius 1 is 0.905 bits per heavy atom. The van der Waals surface area contributed by atoms with Gasteiger partial charge in [0.05, 0.1) is 5.92 Å². The number of likely N-dealkylation sites (tertiary alicyclic amines) is 2. The van der Waals surface area contributed by atoms with Crippen LogP contribution in [-0.2, 0) is 14.3 Å². The van der Waals surface area contributed by atoms with Crippen molar-refractivity contribution in [2.75, 3.05) is 57.3 Å². The number of amides is 4. The van der Waals surface area contributed by atoms with Crippen molar-refractivity contribution in [1.29, 1.82) is 0 Å². The zero-order valence-electron chi connectivity index (χ0n) is 25.1. The highest BCUT2D eigenvalue weighted by Gasteiger charge is 2.48. The molecular weight excluding hydrogens is 538 g/mol. The van der Waals surface area contributed by atoms with Crippen LogP contribution in [0.15, 0.2) is 24.3 Å². The third-order valence-corrected chi connectivity index (χ3v) is 9.42. The summed E-state index contributed by atoms with van der Waals surface area (Å²) in [6.07, 6.45) is 4.38. The lowest BCUT2D eigenvalue weighted by atomic mass is 9.72. The van der Waals surface area contributed by atoms with Crippen LogP contribution in [0.3, 0.4) is 0 Å². The highest BCUT2D eigenvalue weighted by molar-refractivity contribution is 6.00. The summed E-state index contributed by atoms with van der Waals surface area (Å²) in [6.45, 7) is 12.8. The van der Waals surface area contributed by atoms with Crippen LogP contribution in [0, 0.1) is 10.8 Å². The average molecular weight is 584 g/mol. The van der Waals surface area contributed by atoms with E-state index in [9.17, 15) is 19.2 Å². The zero-order valence-corrected chi connectivity index (χ0v) is 25.1. The fourth-order valence-electron chi connectivity index (χ4n) is 6.88. The topological polar surface area (TPSA) is 132 Å². The summed E-state index contributed by atoms with van der Waals surface area (Å²) in [6, 6.07) is 8.16. The number of anilines is 1. The Bertz CT molecular complexity index is 1170. The van der Waals surface area contributed by atoms with Gasteiger partial charge < -0.3 is 29.9 Å². The molecule has 11 nitrogen and oxygen atoms in total. The average Bonchev–Trinajstić information content (AvgIpc) is 2.90. The molecule has 0 aliphatic carbocycles. The predicted octanol–water partition coefficient (Wildman–Crippen LogP) is 3.39. The molecule has 5 heterocycles. The van der Waals surface area contributed by atoms with Gasteiger partial charge >= 0.3 is 12.2 Å². The number of piperidine rings is 3. The van der Waals surface area contributed by atoms with Crippen LogP contribution >= 0.6 is 0 Å². The Morgan fingerprint density at radius 3 is 2.02 bits per heavy atom. The van der Waals surface area contributed by atoms with E-state index in [-0.39, 0.29) is 29.2 Å². The van der Waals surface area contributed by atoms with Crippen LogP contribution in [0.1, 0.15) is 70.8 Å². The van der Waals surface area contributed by atoms with Crippen LogP contribution in [0.4, 0.5) is 15.3 Å². The largest absolute Gasteiger partial charge is 0.465 e. The highest BCUT2D eigenvalue weighted by atomic mass is 16.6. The van der Waals surface area contributed by atoms with Gasteiger partial charge in [0.1, 0.15) is 5.60 Å². The molecule has 1 aromatic carbocycles. The predicted molar refractivity (Wildman–Crippen MR) is 157 cm³/mol. The number of imide groups is 1. The zero-order chi connectivity index (χ0) is 30.1. The molecule has 0 saturated carbocycles. The summed E-state index contributed by atoms with van der Waals surface area (Å²) in [4.78, 5) is 51.8. The smallest absolute Gasteiger partial charge is 0.410 e. The molecule has 5 aliphatic rings. The summed E-state index contributed by atoms with van der Waals surface area (Å²) < 4.78 is 5.47. The van der Waals surface area contributed by atoms with Gasteiger partial charge in [0.2, 0.25) is 11.8 Å². The Labute approximate surface area is 247 Å². The Hall–Kier alpha value is -3.34. The molecule has 42 heavy (non-hydrogen) atoms. The Kier molecular flexibility index (Phi) is 8.42. The minimum absolute atomic E-state index is 0.184. The monoisotopic (exact) mass is 583 g/mol. The molecular formula is C31H45N5O6. The number of hydrogen-bond donors (Lipinski definition) is 3. The van der Waals surface area contributed by atoms with Crippen molar-refractivity contribution < 1.29 is 29.0 Å². The normalized spacial score (nSPS) is 24.6. The molecule has 0 bridgehead atoms. The van der Waals surface area contributed by atoms with Crippen LogP contribution in [0.2, 0.25) is 0 Å². The van der Waals surface area contributed by atoms with E-state index in [0.717, 1.165) is 89.3 Å². The standard InChI is InChI=1S/C23H31N3O4.C8H14N2O2/c1-22(2,3)30-21(29)26-14-23(15-26)10-12-25(13-11-23)17-6-4-16(5-7-17)18-8-9-19(27)24-20(18)28;11-7(12)10-5-8(6-10)1-3-9-4-2-8/h4-7,18H,8-15H2,1-3H3,(H,24,27,28);9H,1-6H2,(H,11,12). The van der Waals surface area contributed by atoms with E-state index >= 15 is 0 Å². The van der Waals surface area contributed by atoms with Crippen molar-refractivity contribution in [3.8, 4) is 0 Å². The van der Waals surface area contributed by atoms with Crippen molar-refractivity contribution in [2.24, 2.45) is 10.8 Å². The second-order valence-electron chi connectivity index (χ2n) is 13.8. The number of hydrogen-bond acceptors (Lipinski definition) is 7. The summed E-state index contributed by atoms with van der Waals surface area (Å²) >= 11 is 0. The Balaban J connectivity index is 0.000000244. The highest BCUT2D eigenvalue weighted by Crippen LogP contribution is 2.42. The maximum absolute atomic E-state index is 12.2. The molecule has 5 fully saturated rings. The minimum atomic E-state index is -0.765. The number of rotatable bonds is 2. The van der Waals surface area contributed by atoms with E-state index < -0.39 is 11.7 Å². The quantitative estimate of drug-likeness (QED) is 0.452. The van der Waals surface area contributed by atoms with Gasteiger partial charge in [0, 0.05) is 62.2 Å². The molecule has 0 radical (unpaired) electrons. The lowest BCUT2D eigenvalue weighted by Gasteiger charge is -2.54. The van der Waals surface area contributed by atoms with Gasteiger partial charge in [-0.25, -0.2) is 9.59 Å². The van der Waals surface area contributed by atoms with E-state index in [4.69, 9.17) is 9.84 Å². The maximum atomic E-state index is 12.2. The van der Waals surface area contributed by atoms with Crippen LogP contribution in [0.25, 0.3) is 0 Å². The molecule has 11 heteroatoms. The summed E-state index contributed by atoms with van der Waals surface area (Å²) in [5.41, 5.74) is 2.22. The molecule has 230 valence electrons. The number of ether oxygens (including phenoxy) is 1. The van der Waals surface area contributed by atoms with E-state index in [1.54, 1.807) is 0 Å². The van der Waals surface area contributed by atoms with Crippen LogP contribution < -0.4 is 15.5 Å². The molecule has 5 aliphatic heterocycles. The van der Waals surface area contributed by atoms with Gasteiger partial charge in [-0.15, -0.1) is 0 Å².